The number of fused-ring (bicyclic) bond motifs is 1. The second-order valence-corrected chi connectivity index (χ2v) is 5.63. The van der Waals surface area contributed by atoms with Crippen molar-refractivity contribution in [2.24, 2.45) is 11.1 Å². The van der Waals surface area contributed by atoms with Crippen LogP contribution in [0.2, 0.25) is 0 Å². The Morgan fingerprint density at radius 2 is 2.29 bits per heavy atom. The SMILES string of the molecule is CCC1CN(C(=O)C2COc3ccccc32)CC/C1=N\O. The van der Waals surface area contributed by atoms with E-state index in [0.29, 0.717) is 26.1 Å². The molecule has 2 aliphatic heterocycles. The fourth-order valence-corrected chi connectivity index (χ4v) is 3.20. The average molecular weight is 288 g/mol. The molecule has 1 fully saturated rings. The van der Waals surface area contributed by atoms with E-state index in [2.05, 4.69) is 12.1 Å². The maximum Gasteiger partial charge on any atom is 0.233 e. The van der Waals surface area contributed by atoms with Crippen LogP contribution in [0, 0.1) is 5.92 Å². The number of nitrogens with zero attached hydrogens (tertiary/aromatic N) is 2. The maximum atomic E-state index is 12.8. The van der Waals surface area contributed by atoms with Gasteiger partial charge in [-0.05, 0) is 12.5 Å². The Bertz CT molecular complexity index is 570. The first-order valence-corrected chi connectivity index (χ1v) is 7.46. The highest BCUT2D eigenvalue weighted by molar-refractivity contribution is 5.91. The molecule has 2 aliphatic rings. The van der Waals surface area contributed by atoms with Gasteiger partial charge in [-0.15, -0.1) is 0 Å². The second kappa shape index (κ2) is 5.76. The zero-order chi connectivity index (χ0) is 14.8. The van der Waals surface area contributed by atoms with Gasteiger partial charge in [0.15, 0.2) is 0 Å². The summed E-state index contributed by atoms with van der Waals surface area (Å²) in [7, 11) is 0. The first-order valence-electron chi connectivity index (χ1n) is 7.46. The Kier molecular flexibility index (Phi) is 3.82. The smallest absolute Gasteiger partial charge is 0.233 e. The van der Waals surface area contributed by atoms with Crippen LogP contribution in [0.1, 0.15) is 31.2 Å². The highest BCUT2D eigenvalue weighted by Gasteiger charge is 2.36. The molecule has 5 nitrogen and oxygen atoms in total. The van der Waals surface area contributed by atoms with Crippen LogP contribution in [0.4, 0.5) is 0 Å². The van der Waals surface area contributed by atoms with Gasteiger partial charge in [0, 0.05) is 31.0 Å². The number of ether oxygens (including phenoxy) is 1. The Hall–Kier alpha value is -2.04. The molecule has 1 amide bonds. The molecule has 1 N–H and O–H groups in total. The van der Waals surface area contributed by atoms with Crippen molar-refractivity contribution in [2.75, 3.05) is 19.7 Å². The summed E-state index contributed by atoms with van der Waals surface area (Å²) in [6.45, 7) is 3.73. The highest BCUT2D eigenvalue weighted by Crippen LogP contribution is 2.35. The van der Waals surface area contributed by atoms with Crippen LogP contribution in [0.25, 0.3) is 0 Å². The molecule has 2 atom stereocenters. The summed E-state index contributed by atoms with van der Waals surface area (Å²) in [5, 5.41) is 12.4. The molecule has 21 heavy (non-hydrogen) atoms. The van der Waals surface area contributed by atoms with E-state index in [1.54, 1.807) is 0 Å². The number of amides is 1. The summed E-state index contributed by atoms with van der Waals surface area (Å²) in [5.41, 5.74) is 1.79. The number of likely N-dealkylation sites (tertiary alicyclic amines) is 1. The minimum atomic E-state index is -0.202. The van der Waals surface area contributed by atoms with Gasteiger partial charge < -0.3 is 14.8 Å². The monoisotopic (exact) mass is 288 g/mol. The van der Waals surface area contributed by atoms with Crippen molar-refractivity contribution in [1.29, 1.82) is 0 Å². The van der Waals surface area contributed by atoms with Crippen molar-refractivity contribution < 1.29 is 14.7 Å². The third-order valence-corrected chi connectivity index (χ3v) is 4.48. The molecule has 1 saturated heterocycles. The largest absolute Gasteiger partial charge is 0.492 e. The van der Waals surface area contributed by atoms with Gasteiger partial charge in [-0.3, -0.25) is 4.79 Å². The standard InChI is InChI=1S/C16H20N2O3/c1-2-11-9-18(8-7-14(11)17-20)16(19)13-10-21-15-6-4-3-5-12(13)15/h3-6,11,13,20H,2,7-10H2,1H3/b17-14+. The average Bonchev–Trinajstić information content (AvgIpc) is 2.97. The fourth-order valence-electron chi connectivity index (χ4n) is 3.20. The molecule has 0 bridgehead atoms. The number of piperidine rings is 1. The minimum absolute atomic E-state index is 0.121. The van der Waals surface area contributed by atoms with Crippen molar-refractivity contribution in [3.63, 3.8) is 0 Å². The van der Waals surface area contributed by atoms with Gasteiger partial charge in [0.25, 0.3) is 0 Å². The van der Waals surface area contributed by atoms with E-state index in [1.807, 2.05) is 29.2 Å². The van der Waals surface area contributed by atoms with E-state index >= 15 is 0 Å². The number of para-hydroxylation sites is 1. The number of hydrogen-bond donors (Lipinski definition) is 1. The fraction of sp³-hybridized carbons (Fsp3) is 0.500. The molecular weight excluding hydrogens is 268 g/mol. The van der Waals surface area contributed by atoms with Gasteiger partial charge in [0.2, 0.25) is 5.91 Å². The van der Waals surface area contributed by atoms with Crippen LogP contribution >= 0.6 is 0 Å². The Morgan fingerprint density at radius 3 is 3.05 bits per heavy atom. The first kappa shape index (κ1) is 13.9. The normalized spacial score (nSPS) is 26.5. The Morgan fingerprint density at radius 1 is 1.48 bits per heavy atom. The maximum absolute atomic E-state index is 12.8. The molecule has 1 aromatic rings. The lowest BCUT2D eigenvalue weighted by Crippen LogP contribution is -2.46. The summed E-state index contributed by atoms with van der Waals surface area (Å²) in [6.07, 6.45) is 1.52. The van der Waals surface area contributed by atoms with Gasteiger partial charge in [-0.2, -0.15) is 0 Å². The van der Waals surface area contributed by atoms with Gasteiger partial charge in [-0.25, -0.2) is 0 Å². The van der Waals surface area contributed by atoms with Crippen molar-refractivity contribution in [3.05, 3.63) is 29.8 Å². The summed E-state index contributed by atoms with van der Waals surface area (Å²) in [4.78, 5) is 14.7. The van der Waals surface area contributed by atoms with E-state index < -0.39 is 0 Å². The van der Waals surface area contributed by atoms with E-state index in [9.17, 15) is 4.79 Å². The van der Waals surface area contributed by atoms with Crippen LogP contribution in [-0.4, -0.2) is 41.4 Å². The molecule has 5 heteroatoms. The second-order valence-electron chi connectivity index (χ2n) is 5.63. The molecule has 2 heterocycles. The number of hydrogen-bond acceptors (Lipinski definition) is 4. The Balaban J connectivity index is 1.75. The number of carbonyl (C=O) groups excluding carboxylic acids is 1. The lowest BCUT2D eigenvalue weighted by molar-refractivity contribution is -0.133. The molecule has 0 aliphatic carbocycles. The predicted molar refractivity (Wildman–Crippen MR) is 78.9 cm³/mol. The van der Waals surface area contributed by atoms with E-state index in [0.717, 1.165) is 23.4 Å². The summed E-state index contributed by atoms with van der Waals surface area (Å²) in [6, 6.07) is 7.73. The molecule has 2 unspecified atom stereocenters. The molecule has 1 aromatic carbocycles. The summed E-state index contributed by atoms with van der Waals surface area (Å²) < 4.78 is 5.61. The Labute approximate surface area is 124 Å². The van der Waals surface area contributed by atoms with Crippen molar-refractivity contribution in [2.45, 2.75) is 25.7 Å². The van der Waals surface area contributed by atoms with Gasteiger partial charge in [0.05, 0.1) is 5.71 Å². The van der Waals surface area contributed by atoms with Gasteiger partial charge in [0.1, 0.15) is 18.3 Å². The van der Waals surface area contributed by atoms with Crippen LogP contribution in [0.15, 0.2) is 29.4 Å². The van der Waals surface area contributed by atoms with Crippen molar-refractivity contribution in [1.82, 2.24) is 4.90 Å². The van der Waals surface area contributed by atoms with E-state index in [1.165, 1.54) is 0 Å². The van der Waals surface area contributed by atoms with Crippen LogP contribution in [-0.2, 0) is 4.79 Å². The summed E-state index contributed by atoms with van der Waals surface area (Å²) in [5.74, 6) is 0.893. The molecule has 0 aromatic heterocycles. The summed E-state index contributed by atoms with van der Waals surface area (Å²) >= 11 is 0. The molecule has 0 spiro atoms. The van der Waals surface area contributed by atoms with Crippen LogP contribution in [0.3, 0.4) is 0 Å². The molecule has 112 valence electrons. The molecule has 0 radical (unpaired) electrons. The molecule has 0 saturated carbocycles. The number of carbonyl (C=O) groups is 1. The number of benzene rings is 1. The zero-order valence-corrected chi connectivity index (χ0v) is 12.2. The van der Waals surface area contributed by atoms with E-state index in [-0.39, 0.29) is 17.7 Å². The predicted octanol–water partition coefficient (Wildman–Crippen LogP) is 2.25. The highest BCUT2D eigenvalue weighted by atomic mass is 16.5. The molecule has 3 rings (SSSR count). The third kappa shape index (κ3) is 2.48. The van der Waals surface area contributed by atoms with Gasteiger partial charge >= 0.3 is 0 Å². The lowest BCUT2D eigenvalue weighted by Gasteiger charge is -2.34. The van der Waals surface area contributed by atoms with E-state index in [4.69, 9.17) is 9.94 Å². The van der Waals surface area contributed by atoms with Crippen LogP contribution in [0.5, 0.6) is 5.75 Å². The number of rotatable bonds is 2. The zero-order valence-electron chi connectivity index (χ0n) is 12.2. The molecular formula is C16H20N2O3. The van der Waals surface area contributed by atoms with Crippen molar-refractivity contribution >= 4 is 11.6 Å². The number of oxime groups is 1. The van der Waals surface area contributed by atoms with Crippen molar-refractivity contribution in [3.8, 4) is 5.75 Å². The van der Waals surface area contributed by atoms with Crippen LogP contribution < -0.4 is 4.74 Å². The van der Waals surface area contributed by atoms with Gasteiger partial charge in [-0.1, -0.05) is 30.3 Å². The topological polar surface area (TPSA) is 62.1 Å². The quantitative estimate of drug-likeness (QED) is 0.670. The lowest BCUT2D eigenvalue weighted by atomic mass is 9.91. The first-order chi connectivity index (χ1) is 10.2. The minimum Gasteiger partial charge on any atom is -0.492 e. The third-order valence-electron chi connectivity index (χ3n) is 4.48.